The molecule has 9 nitrogen and oxygen atoms in total. The monoisotopic (exact) mass is 527 g/mol. The quantitative estimate of drug-likeness (QED) is 0.431. The predicted molar refractivity (Wildman–Crippen MR) is 122 cm³/mol. The van der Waals surface area contributed by atoms with Gasteiger partial charge in [-0.2, -0.15) is 17.9 Å². The average molecular weight is 528 g/mol. The maximum atomic E-state index is 12.8. The number of carboxylic acids is 1. The van der Waals surface area contributed by atoms with E-state index < -0.39 is 35.6 Å². The molecule has 0 bridgehead atoms. The minimum absolute atomic E-state index is 0.00426. The minimum atomic E-state index is -4.52. The van der Waals surface area contributed by atoms with Crippen LogP contribution in [0.1, 0.15) is 31.4 Å². The van der Waals surface area contributed by atoms with Crippen molar-refractivity contribution >= 4 is 23.7 Å². The number of rotatable bonds is 8. The Morgan fingerprint density at radius 1 is 1.19 bits per heavy atom. The molecule has 0 aliphatic heterocycles. The summed E-state index contributed by atoms with van der Waals surface area (Å²) < 4.78 is 49.6. The number of carboxylic acid groups (broad SMARTS) is 1. The molecule has 36 heavy (non-hydrogen) atoms. The van der Waals surface area contributed by atoms with Crippen molar-refractivity contribution in [3.8, 4) is 17.2 Å². The third kappa shape index (κ3) is 6.87. The van der Waals surface area contributed by atoms with Crippen LogP contribution in [-0.4, -0.2) is 33.0 Å². The fourth-order valence-electron chi connectivity index (χ4n) is 3.22. The Hall–Kier alpha value is -3.80. The summed E-state index contributed by atoms with van der Waals surface area (Å²) >= 11 is 6.04. The molecule has 192 valence electrons. The van der Waals surface area contributed by atoms with Crippen LogP contribution in [0.5, 0.6) is 5.75 Å². The van der Waals surface area contributed by atoms with Gasteiger partial charge in [0.1, 0.15) is 11.8 Å². The number of aliphatic carboxylic acids is 1. The Balaban J connectivity index is 1.81. The molecule has 13 heteroatoms. The topological polar surface area (TPSA) is 124 Å². The number of hydrogen-bond acceptors (Lipinski definition) is 6. The largest absolute Gasteiger partial charge is 0.480 e. The van der Waals surface area contributed by atoms with Crippen molar-refractivity contribution in [2.24, 2.45) is 5.92 Å². The zero-order valence-corrected chi connectivity index (χ0v) is 19.8. The maximum absolute atomic E-state index is 12.8. The second kappa shape index (κ2) is 10.9. The van der Waals surface area contributed by atoms with Gasteiger partial charge >= 0.3 is 24.0 Å². The number of benzene rings is 2. The highest BCUT2D eigenvalue weighted by Gasteiger charge is 2.30. The standard InChI is InChI=1S/C23H21ClF3N3O6/c1-12(2)9-17(20(31)32)28-21(33)35-18-8-7-16(24)10-14(18)11-30-22(34)36-19(29-30)13-3-5-15(6-4-13)23(25,26)27/h3-8,10,12,17H,9,11H2,1-2H3,(H,28,33)(H,31,32). The fraction of sp³-hybridized carbons (Fsp3) is 0.304. The van der Waals surface area contributed by atoms with Gasteiger partial charge in [0.05, 0.1) is 12.1 Å². The van der Waals surface area contributed by atoms with Crippen LogP contribution >= 0.6 is 11.6 Å². The van der Waals surface area contributed by atoms with E-state index in [4.69, 9.17) is 20.8 Å². The van der Waals surface area contributed by atoms with Gasteiger partial charge in [-0.05, 0) is 54.8 Å². The highest BCUT2D eigenvalue weighted by atomic mass is 35.5. The fourth-order valence-corrected chi connectivity index (χ4v) is 3.42. The summed E-state index contributed by atoms with van der Waals surface area (Å²) in [6, 6.07) is 6.93. The van der Waals surface area contributed by atoms with Gasteiger partial charge in [0, 0.05) is 16.1 Å². The molecule has 0 spiro atoms. The summed E-state index contributed by atoms with van der Waals surface area (Å²) in [7, 11) is 0. The molecule has 3 aromatic rings. The number of hydrogen-bond donors (Lipinski definition) is 2. The van der Waals surface area contributed by atoms with Gasteiger partial charge in [-0.1, -0.05) is 25.4 Å². The van der Waals surface area contributed by atoms with Crippen LogP contribution in [-0.2, 0) is 17.5 Å². The zero-order valence-electron chi connectivity index (χ0n) is 19.0. The number of halogens is 4. The van der Waals surface area contributed by atoms with Gasteiger partial charge in [0.15, 0.2) is 0 Å². The first kappa shape index (κ1) is 26.8. The van der Waals surface area contributed by atoms with E-state index in [1.54, 1.807) is 13.8 Å². The molecule has 2 N–H and O–H groups in total. The van der Waals surface area contributed by atoms with Gasteiger partial charge in [-0.25, -0.2) is 14.4 Å². The molecule has 0 fully saturated rings. The number of amides is 1. The van der Waals surface area contributed by atoms with Gasteiger partial charge < -0.3 is 19.6 Å². The lowest BCUT2D eigenvalue weighted by Gasteiger charge is -2.17. The second-order valence-corrected chi connectivity index (χ2v) is 8.65. The molecule has 3 rings (SSSR count). The van der Waals surface area contributed by atoms with Crippen LogP contribution < -0.4 is 15.8 Å². The molecule has 1 heterocycles. The van der Waals surface area contributed by atoms with Crippen molar-refractivity contribution in [2.45, 2.75) is 39.0 Å². The molecule has 0 saturated heterocycles. The molecule has 2 aromatic carbocycles. The minimum Gasteiger partial charge on any atom is -0.480 e. The van der Waals surface area contributed by atoms with Crippen molar-refractivity contribution in [1.29, 1.82) is 0 Å². The van der Waals surface area contributed by atoms with Crippen molar-refractivity contribution in [3.63, 3.8) is 0 Å². The molecule has 1 amide bonds. The van der Waals surface area contributed by atoms with Gasteiger partial charge in [-0.15, -0.1) is 5.10 Å². The van der Waals surface area contributed by atoms with E-state index in [0.717, 1.165) is 28.9 Å². The molecule has 0 saturated carbocycles. The number of nitrogens with zero attached hydrogens (tertiary/aromatic N) is 2. The normalized spacial score (nSPS) is 12.4. The van der Waals surface area contributed by atoms with Gasteiger partial charge in [0.25, 0.3) is 0 Å². The van der Waals surface area contributed by atoms with E-state index in [2.05, 4.69) is 10.4 Å². The van der Waals surface area contributed by atoms with Gasteiger partial charge in [0.2, 0.25) is 5.89 Å². The summed E-state index contributed by atoms with van der Waals surface area (Å²) in [6.07, 6.45) is -5.36. The van der Waals surface area contributed by atoms with Crippen LogP contribution in [0.4, 0.5) is 18.0 Å². The molecule has 0 aliphatic carbocycles. The van der Waals surface area contributed by atoms with E-state index in [0.29, 0.717) is 0 Å². The number of carbonyl (C=O) groups is 2. The van der Waals surface area contributed by atoms with E-state index in [9.17, 15) is 32.7 Å². The van der Waals surface area contributed by atoms with Crippen molar-refractivity contribution < 1.29 is 37.0 Å². The third-order valence-corrected chi connectivity index (χ3v) is 5.14. The lowest BCUT2D eigenvalue weighted by atomic mass is 10.0. The average Bonchev–Trinajstić information content (AvgIpc) is 3.14. The number of alkyl halides is 3. The summed E-state index contributed by atoms with van der Waals surface area (Å²) in [5, 5.41) is 15.8. The second-order valence-electron chi connectivity index (χ2n) is 8.21. The van der Waals surface area contributed by atoms with E-state index in [-0.39, 0.29) is 46.7 Å². The molecule has 1 unspecified atom stereocenters. The van der Waals surface area contributed by atoms with Crippen LogP contribution in [0, 0.1) is 5.92 Å². The molecule has 1 atom stereocenters. The lowest BCUT2D eigenvalue weighted by molar-refractivity contribution is -0.140. The third-order valence-electron chi connectivity index (χ3n) is 4.91. The Morgan fingerprint density at radius 3 is 2.44 bits per heavy atom. The van der Waals surface area contributed by atoms with Crippen LogP contribution in [0.25, 0.3) is 11.5 Å². The molecular weight excluding hydrogens is 507 g/mol. The van der Waals surface area contributed by atoms with E-state index in [1.165, 1.54) is 18.2 Å². The Kier molecular flexibility index (Phi) is 8.08. The van der Waals surface area contributed by atoms with Crippen molar-refractivity contribution in [3.05, 3.63) is 69.2 Å². The molecule has 0 radical (unpaired) electrons. The summed E-state index contributed by atoms with van der Waals surface area (Å²) in [4.78, 5) is 36.1. The van der Waals surface area contributed by atoms with Crippen molar-refractivity contribution in [1.82, 2.24) is 15.1 Å². The van der Waals surface area contributed by atoms with Gasteiger partial charge in [-0.3, -0.25) is 0 Å². The first-order chi connectivity index (χ1) is 16.8. The van der Waals surface area contributed by atoms with E-state index in [1.807, 2.05) is 0 Å². The van der Waals surface area contributed by atoms with E-state index >= 15 is 0 Å². The predicted octanol–water partition coefficient (Wildman–Crippen LogP) is 4.81. The Labute approximate surface area is 207 Å². The maximum Gasteiger partial charge on any atom is 0.437 e. The number of nitrogens with one attached hydrogen (secondary N) is 1. The smallest absolute Gasteiger partial charge is 0.437 e. The zero-order chi connectivity index (χ0) is 26.6. The highest BCUT2D eigenvalue weighted by Crippen LogP contribution is 2.30. The Bertz CT molecular complexity index is 1300. The first-order valence-electron chi connectivity index (χ1n) is 10.6. The highest BCUT2D eigenvalue weighted by molar-refractivity contribution is 6.30. The molecule has 1 aromatic heterocycles. The van der Waals surface area contributed by atoms with Crippen LogP contribution in [0.3, 0.4) is 0 Å². The van der Waals surface area contributed by atoms with Crippen LogP contribution in [0.2, 0.25) is 5.02 Å². The Morgan fingerprint density at radius 2 is 1.86 bits per heavy atom. The molecular formula is C23H21ClF3N3O6. The molecule has 0 aliphatic rings. The first-order valence-corrected chi connectivity index (χ1v) is 11.0. The summed E-state index contributed by atoms with van der Waals surface area (Å²) in [5.74, 6) is -2.37. The summed E-state index contributed by atoms with van der Waals surface area (Å²) in [5.41, 5.74) is -0.487. The van der Waals surface area contributed by atoms with Crippen molar-refractivity contribution in [2.75, 3.05) is 0 Å². The lowest BCUT2D eigenvalue weighted by Crippen LogP contribution is -2.43. The van der Waals surface area contributed by atoms with Crippen LogP contribution in [0.15, 0.2) is 51.7 Å². The SMILES string of the molecule is CC(C)CC(NC(=O)Oc1ccc(Cl)cc1Cn1nc(-c2ccc(C(F)(F)F)cc2)oc1=O)C(=O)O. The number of ether oxygens (including phenoxy) is 1. The summed E-state index contributed by atoms with van der Waals surface area (Å²) in [6.45, 7) is 3.34. The number of aromatic nitrogens is 2. The number of carbonyl (C=O) groups excluding carboxylic acids is 1.